The summed E-state index contributed by atoms with van der Waals surface area (Å²) in [7, 11) is 0. The highest BCUT2D eigenvalue weighted by Crippen LogP contribution is 2.36. The van der Waals surface area contributed by atoms with Crippen LogP contribution in [0.25, 0.3) is 0 Å². The number of aromatic hydroxyl groups is 3. The number of aliphatic hydroxyl groups is 6. The van der Waals surface area contributed by atoms with Gasteiger partial charge in [-0.2, -0.15) is 0 Å². The van der Waals surface area contributed by atoms with E-state index in [2.05, 4.69) is 0 Å². The fourth-order valence-electron chi connectivity index (χ4n) is 4.70. The topological polar surface area (TPSA) is 236 Å². The van der Waals surface area contributed by atoms with Crippen molar-refractivity contribution in [1.29, 1.82) is 0 Å². The summed E-state index contributed by atoms with van der Waals surface area (Å²) in [6, 6.07) is 8.22. The highest BCUT2D eigenvalue weighted by atomic mass is 16.8. The molecule has 10 atom stereocenters. The fraction of sp³-hybridized carbons (Fsp3) is 0.519. The Kier molecular flexibility index (Phi) is 9.69. The van der Waals surface area contributed by atoms with E-state index in [9.17, 15) is 50.8 Å². The third-order valence-corrected chi connectivity index (χ3v) is 7.10. The molecule has 0 bridgehead atoms. The summed E-state index contributed by atoms with van der Waals surface area (Å²) < 4.78 is 22.2. The van der Waals surface area contributed by atoms with Gasteiger partial charge in [0, 0.05) is 18.6 Å². The van der Waals surface area contributed by atoms with Crippen molar-refractivity contribution >= 4 is 5.78 Å². The first-order valence-corrected chi connectivity index (χ1v) is 12.9. The molecule has 0 aliphatic carbocycles. The number of Topliss-reactive ketones (excluding diaryl/α,β-unsaturated/α-hetero) is 1. The number of carbonyl (C=O) groups excluding carboxylic acids is 1. The molecule has 14 heteroatoms. The number of ether oxygens (including phenoxy) is 4. The Hall–Kier alpha value is -3.05. The normalized spacial score (nSPS) is 33.8. The Balaban J connectivity index is 1.52. The summed E-state index contributed by atoms with van der Waals surface area (Å²) in [5.41, 5.74) is 0.385. The third-order valence-electron chi connectivity index (χ3n) is 7.10. The molecule has 2 aliphatic rings. The van der Waals surface area contributed by atoms with Crippen LogP contribution >= 0.6 is 0 Å². The summed E-state index contributed by atoms with van der Waals surface area (Å²) >= 11 is 0. The van der Waals surface area contributed by atoms with Gasteiger partial charge in [-0.25, -0.2) is 0 Å². The number of ketones is 1. The molecule has 2 aliphatic heterocycles. The van der Waals surface area contributed by atoms with Crippen LogP contribution in [0.4, 0.5) is 0 Å². The molecule has 0 unspecified atom stereocenters. The van der Waals surface area contributed by atoms with Gasteiger partial charge in [0.15, 0.2) is 18.2 Å². The van der Waals surface area contributed by atoms with E-state index in [1.165, 1.54) is 19.1 Å². The predicted molar refractivity (Wildman–Crippen MR) is 136 cm³/mol. The average Bonchev–Trinajstić information content (AvgIpc) is 2.93. The SMILES string of the molecule is C[C@@H]1O[C@H](O[C@@H]2[C@@H](Oc3cc(O)c(C(=O)CCc4ccc(O)cc4)c(O)c3)O[C@@H](CO)[C@H](O)[C@H]2O)[C@H](O)[C@H](O)[C@H]1O. The number of phenols is 3. The Labute approximate surface area is 234 Å². The van der Waals surface area contributed by atoms with E-state index in [1.807, 2.05) is 0 Å². The maximum absolute atomic E-state index is 12.7. The second kappa shape index (κ2) is 12.9. The lowest BCUT2D eigenvalue weighted by atomic mass is 9.97. The Bertz CT molecular complexity index is 1170. The first kappa shape index (κ1) is 30.9. The van der Waals surface area contributed by atoms with Gasteiger partial charge in [-0.15, -0.1) is 0 Å². The van der Waals surface area contributed by atoms with E-state index in [1.54, 1.807) is 12.1 Å². The molecule has 2 saturated heterocycles. The molecule has 0 spiro atoms. The monoisotopic (exact) mass is 582 g/mol. The second-order valence-electron chi connectivity index (χ2n) is 10.0. The summed E-state index contributed by atoms with van der Waals surface area (Å²) in [6.45, 7) is 0.675. The number of hydrogen-bond donors (Lipinski definition) is 9. The summed E-state index contributed by atoms with van der Waals surface area (Å²) in [4.78, 5) is 12.7. The van der Waals surface area contributed by atoms with Crippen molar-refractivity contribution in [2.45, 2.75) is 81.2 Å². The van der Waals surface area contributed by atoms with Gasteiger partial charge in [-0.05, 0) is 31.0 Å². The van der Waals surface area contributed by atoms with Crippen molar-refractivity contribution in [2.24, 2.45) is 0 Å². The van der Waals surface area contributed by atoms with E-state index in [0.29, 0.717) is 0 Å². The van der Waals surface area contributed by atoms with Gasteiger partial charge in [-0.1, -0.05) is 12.1 Å². The molecule has 0 amide bonds. The number of benzene rings is 2. The molecule has 2 heterocycles. The summed E-state index contributed by atoms with van der Waals surface area (Å²) in [5.74, 6) is -2.00. The maximum atomic E-state index is 12.7. The molecule has 41 heavy (non-hydrogen) atoms. The smallest absolute Gasteiger partial charge is 0.229 e. The molecule has 14 nitrogen and oxygen atoms in total. The number of phenolic OH excluding ortho intramolecular Hbond substituents is 3. The van der Waals surface area contributed by atoms with Gasteiger partial charge in [0.1, 0.15) is 65.2 Å². The first-order valence-electron chi connectivity index (χ1n) is 12.9. The van der Waals surface area contributed by atoms with Crippen LogP contribution in [0.3, 0.4) is 0 Å². The molecular weight excluding hydrogens is 548 g/mol. The van der Waals surface area contributed by atoms with Gasteiger partial charge >= 0.3 is 0 Å². The lowest BCUT2D eigenvalue weighted by molar-refractivity contribution is -0.354. The fourth-order valence-corrected chi connectivity index (χ4v) is 4.70. The Morgan fingerprint density at radius 3 is 2.07 bits per heavy atom. The number of hydrogen-bond acceptors (Lipinski definition) is 14. The quantitative estimate of drug-likeness (QED) is 0.156. The predicted octanol–water partition coefficient (Wildman–Crippen LogP) is -1.35. The van der Waals surface area contributed by atoms with Gasteiger partial charge in [0.25, 0.3) is 0 Å². The standard InChI is InChI=1S/C27H34O14/c1-11-20(33)22(35)24(37)26(38-11)41-25-23(36)21(34)18(10-28)40-27(25)39-14-8-16(31)19(17(32)9-14)15(30)7-4-12-2-5-13(29)6-3-12/h2-3,5-6,8-9,11,18,20-29,31-37H,4,7,10H2,1H3/t11-,18-,20-,21-,22+,23+,24+,25-,26+,27-/m0/s1. The van der Waals surface area contributed by atoms with Gasteiger partial charge in [-0.3, -0.25) is 4.79 Å². The highest BCUT2D eigenvalue weighted by molar-refractivity contribution is 6.01. The molecule has 2 aromatic carbocycles. The van der Waals surface area contributed by atoms with Gasteiger partial charge < -0.3 is 64.9 Å². The van der Waals surface area contributed by atoms with Gasteiger partial charge in [0.2, 0.25) is 6.29 Å². The molecule has 2 fully saturated rings. The van der Waals surface area contributed by atoms with Crippen molar-refractivity contribution in [1.82, 2.24) is 0 Å². The van der Waals surface area contributed by atoms with E-state index >= 15 is 0 Å². The van der Waals surface area contributed by atoms with Crippen LogP contribution in [0.1, 0.15) is 29.3 Å². The molecule has 0 radical (unpaired) electrons. The molecule has 4 rings (SSSR count). The summed E-state index contributed by atoms with van der Waals surface area (Å²) in [6.07, 6.45) is -15.3. The summed E-state index contributed by atoms with van der Waals surface area (Å²) in [5, 5.41) is 91.5. The van der Waals surface area contributed by atoms with Crippen molar-refractivity contribution < 1.29 is 69.7 Å². The van der Waals surface area contributed by atoms with Crippen LogP contribution < -0.4 is 4.74 Å². The highest BCUT2D eigenvalue weighted by Gasteiger charge is 2.51. The first-order chi connectivity index (χ1) is 19.4. The average molecular weight is 583 g/mol. The van der Waals surface area contributed by atoms with Crippen LogP contribution in [0.5, 0.6) is 23.0 Å². The lowest BCUT2D eigenvalue weighted by Gasteiger charge is -2.45. The van der Waals surface area contributed by atoms with Crippen LogP contribution in [0, 0.1) is 0 Å². The van der Waals surface area contributed by atoms with Crippen LogP contribution in [0.2, 0.25) is 0 Å². The minimum atomic E-state index is -1.77. The third kappa shape index (κ3) is 6.72. The zero-order chi connectivity index (χ0) is 30.0. The van der Waals surface area contributed by atoms with E-state index in [0.717, 1.165) is 17.7 Å². The van der Waals surface area contributed by atoms with Crippen molar-refractivity contribution in [3.05, 3.63) is 47.5 Å². The Morgan fingerprint density at radius 2 is 1.46 bits per heavy atom. The van der Waals surface area contributed by atoms with Crippen LogP contribution in [0.15, 0.2) is 36.4 Å². The molecule has 2 aromatic rings. The molecule has 0 aromatic heterocycles. The minimum Gasteiger partial charge on any atom is -0.508 e. The number of carbonyl (C=O) groups is 1. The van der Waals surface area contributed by atoms with Crippen LogP contribution in [-0.2, 0) is 20.6 Å². The van der Waals surface area contributed by atoms with Crippen molar-refractivity contribution in [3.8, 4) is 23.0 Å². The zero-order valence-corrected chi connectivity index (χ0v) is 21.9. The van der Waals surface area contributed by atoms with E-state index in [4.69, 9.17) is 18.9 Å². The Morgan fingerprint density at radius 1 is 0.829 bits per heavy atom. The maximum Gasteiger partial charge on any atom is 0.229 e. The molecule has 226 valence electrons. The molecular formula is C27H34O14. The second-order valence-corrected chi connectivity index (χ2v) is 10.0. The van der Waals surface area contributed by atoms with Crippen molar-refractivity contribution in [3.63, 3.8) is 0 Å². The van der Waals surface area contributed by atoms with E-state index < -0.39 is 85.3 Å². The van der Waals surface area contributed by atoms with Crippen molar-refractivity contribution in [2.75, 3.05) is 6.61 Å². The number of aliphatic hydroxyl groups excluding tert-OH is 6. The molecule has 9 N–H and O–H groups in total. The zero-order valence-electron chi connectivity index (χ0n) is 21.9. The largest absolute Gasteiger partial charge is 0.508 e. The number of aryl methyl sites for hydroxylation is 1. The molecule has 0 saturated carbocycles. The number of rotatable bonds is 9. The van der Waals surface area contributed by atoms with Gasteiger partial charge in [0.05, 0.1) is 12.7 Å². The van der Waals surface area contributed by atoms with E-state index in [-0.39, 0.29) is 29.9 Å². The minimum absolute atomic E-state index is 0.0706. The lowest BCUT2D eigenvalue weighted by Crippen LogP contribution is -2.64. The van der Waals surface area contributed by atoms with Crippen LogP contribution in [-0.4, -0.2) is 120 Å².